The maximum Gasteiger partial charge on any atom is 0.0104 e. The molecule has 0 spiro atoms. The second-order valence-electron chi connectivity index (χ2n) is 5.09. The zero-order valence-corrected chi connectivity index (χ0v) is 11.3. The number of rotatable bonds is 7. The van der Waals surface area contributed by atoms with Crippen molar-refractivity contribution in [3.8, 4) is 0 Å². The van der Waals surface area contributed by atoms with Gasteiger partial charge in [0.05, 0.1) is 0 Å². The molecule has 0 amide bonds. The number of hydrogen-bond donors (Lipinski definition) is 1. The molecule has 0 radical (unpaired) electrons. The monoisotopic (exact) mass is 230 g/mol. The Morgan fingerprint density at radius 2 is 2.27 bits per heavy atom. The van der Waals surface area contributed by atoms with Gasteiger partial charge in [-0.1, -0.05) is 13.8 Å². The molecule has 1 N–H and O–H groups in total. The van der Waals surface area contributed by atoms with Crippen molar-refractivity contribution in [2.24, 2.45) is 11.8 Å². The summed E-state index contributed by atoms with van der Waals surface area (Å²) in [5.41, 5.74) is 0. The fourth-order valence-corrected chi connectivity index (χ4v) is 3.19. The second-order valence-corrected chi connectivity index (χ2v) is 6.24. The van der Waals surface area contributed by atoms with Crippen LogP contribution in [-0.4, -0.2) is 49.6 Å². The van der Waals surface area contributed by atoms with E-state index in [9.17, 15) is 0 Å². The first-order chi connectivity index (χ1) is 7.18. The predicted molar refractivity (Wildman–Crippen MR) is 70.6 cm³/mol. The van der Waals surface area contributed by atoms with E-state index in [4.69, 9.17) is 0 Å². The van der Waals surface area contributed by atoms with E-state index < -0.39 is 0 Å². The quantitative estimate of drug-likeness (QED) is 0.673. The van der Waals surface area contributed by atoms with Crippen molar-refractivity contribution in [3.05, 3.63) is 0 Å². The second kappa shape index (κ2) is 7.53. The third kappa shape index (κ3) is 6.44. The molecule has 90 valence electrons. The van der Waals surface area contributed by atoms with Gasteiger partial charge < -0.3 is 10.2 Å². The Morgan fingerprint density at radius 1 is 1.47 bits per heavy atom. The maximum absolute atomic E-state index is 3.49. The topological polar surface area (TPSA) is 15.3 Å². The van der Waals surface area contributed by atoms with Gasteiger partial charge >= 0.3 is 0 Å². The molecular weight excluding hydrogens is 204 g/mol. The van der Waals surface area contributed by atoms with Gasteiger partial charge in [0.1, 0.15) is 0 Å². The van der Waals surface area contributed by atoms with Crippen molar-refractivity contribution in [2.45, 2.75) is 20.3 Å². The first-order valence-electron chi connectivity index (χ1n) is 6.15. The Balaban J connectivity index is 1.95. The summed E-state index contributed by atoms with van der Waals surface area (Å²) in [6, 6.07) is 0. The molecule has 3 heteroatoms. The SMILES string of the molecule is CC(C)CNCCN(C)CC1CCSC1. The van der Waals surface area contributed by atoms with Crippen molar-refractivity contribution >= 4 is 11.8 Å². The molecule has 2 nitrogen and oxygen atoms in total. The minimum atomic E-state index is 0.765. The van der Waals surface area contributed by atoms with Gasteiger partial charge in [-0.3, -0.25) is 0 Å². The van der Waals surface area contributed by atoms with Gasteiger partial charge in [0, 0.05) is 19.6 Å². The van der Waals surface area contributed by atoms with Crippen LogP contribution in [0.4, 0.5) is 0 Å². The Kier molecular flexibility index (Phi) is 6.69. The minimum absolute atomic E-state index is 0.765. The number of likely N-dealkylation sites (N-methyl/N-ethyl adjacent to an activating group) is 1. The van der Waals surface area contributed by atoms with Crippen molar-refractivity contribution < 1.29 is 0 Å². The highest BCUT2D eigenvalue weighted by molar-refractivity contribution is 7.99. The molecular formula is C12H26N2S. The van der Waals surface area contributed by atoms with Crippen molar-refractivity contribution in [1.29, 1.82) is 0 Å². The van der Waals surface area contributed by atoms with Crippen LogP contribution in [-0.2, 0) is 0 Å². The summed E-state index contributed by atoms with van der Waals surface area (Å²) >= 11 is 2.11. The number of nitrogens with one attached hydrogen (secondary N) is 1. The van der Waals surface area contributed by atoms with Crippen LogP contribution < -0.4 is 5.32 Å². The largest absolute Gasteiger partial charge is 0.315 e. The molecule has 0 bridgehead atoms. The van der Waals surface area contributed by atoms with Gasteiger partial charge in [-0.15, -0.1) is 0 Å². The molecule has 1 aliphatic rings. The van der Waals surface area contributed by atoms with E-state index in [2.05, 4.69) is 42.9 Å². The molecule has 1 unspecified atom stereocenters. The number of hydrogen-bond acceptors (Lipinski definition) is 3. The normalized spacial score (nSPS) is 21.8. The van der Waals surface area contributed by atoms with Crippen LogP contribution in [0.1, 0.15) is 20.3 Å². The lowest BCUT2D eigenvalue weighted by atomic mass is 10.1. The molecule has 1 atom stereocenters. The van der Waals surface area contributed by atoms with Crippen LogP contribution in [0.2, 0.25) is 0 Å². The summed E-state index contributed by atoms with van der Waals surface area (Å²) in [7, 11) is 2.25. The third-order valence-corrected chi connectivity index (χ3v) is 4.05. The van der Waals surface area contributed by atoms with Crippen LogP contribution in [0, 0.1) is 11.8 Å². The Morgan fingerprint density at radius 3 is 2.87 bits per heavy atom. The molecule has 0 aromatic carbocycles. The zero-order chi connectivity index (χ0) is 11.1. The maximum atomic E-state index is 3.49. The predicted octanol–water partition coefficient (Wildman–Crippen LogP) is 1.92. The standard InChI is InChI=1S/C12H26N2S/c1-11(2)8-13-5-6-14(3)9-12-4-7-15-10-12/h11-13H,4-10H2,1-3H3. The molecule has 1 saturated heterocycles. The van der Waals surface area contributed by atoms with Gasteiger partial charge in [-0.05, 0) is 43.4 Å². The minimum Gasteiger partial charge on any atom is -0.315 e. The average molecular weight is 230 g/mol. The lowest BCUT2D eigenvalue weighted by Crippen LogP contribution is -2.34. The van der Waals surface area contributed by atoms with Gasteiger partial charge in [-0.2, -0.15) is 11.8 Å². The summed E-state index contributed by atoms with van der Waals surface area (Å²) in [4.78, 5) is 2.48. The van der Waals surface area contributed by atoms with Crippen molar-refractivity contribution in [2.75, 3.05) is 44.7 Å². The van der Waals surface area contributed by atoms with Gasteiger partial charge in [-0.25, -0.2) is 0 Å². The van der Waals surface area contributed by atoms with Crippen molar-refractivity contribution in [1.82, 2.24) is 10.2 Å². The average Bonchev–Trinajstić information content (AvgIpc) is 2.64. The first kappa shape index (κ1) is 13.3. The van der Waals surface area contributed by atoms with E-state index in [0.717, 1.165) is 24.9 Å². The molecule has 0 aliphatic carbocycles. The third-order valence-electron chi connectivity index (χ3n) is 2.82. The highest BCUT2D eigenvalue weighted by Crippen LogP contribution is 2.23. The van der Waals surface area contributed by atoms with Gasteiger partial charge in [0.15, 0.2) is 0 Å². The highest BCUT2D eigenvalue weighted by Gasteiger charge is 2.16. The zero-order valence-electron chi connectivity index (χ0n) is 10.5. The van der Waals surface area contributed by atoms with Crippen LogP contribution in [0.15, 0.2) is 0 Å². The Bertz CT molecular complexity index is 156. The molecule has 1 rings (SSSR count). The van der Waals surface area contributed by atoms with E-state index in [0.29, 0.717) is 0 Å². The Hall–Kier alpha value is 0.270. The van der Waals surface area contributed by atoms with Crippen LogP contribution >= 0.6 is 11.8 Å². The van der Waals surface area contributed by atoms with E-state index in [1.165, 1.54) is 31.0 Å². The number of thioether (sulfide) groups is 1. The van der Waals surface area contributed by atoms with Crippen LogP contribution in [0.5, 0.6) is 0 Å². The molecule has 0 aromatic rings. The summed E-state index contributed by atoms with van der Waals surface area (Å²) in [6.45, 7) is 9.27. The lowest BCUT2D eigenvalue weighted by Gasteiger charge is -2.20. The van der Waals surface area contributed by atoms with E-state index in [1.807, 2.05) is 0 Å². The molecule has 1 aliphatic heterocycles. The lowest BCUT2D eigenvalue weighted by molar-refractivity contribution is 0.286. The van der Waals surface area contributed by atoms with E-state index in [-0.39, 0.29) is 0 Å². The smallest absolute Gasteiger partial charge is 0.0104 e. The molecule has 15 heavy (non-hydrogen) atoms. The van der Waals surface area contributed by atoms with Crippen LogP contribution in [0.25, 0.3) is 0 Å². The van der Waals surface area contributed by atoms with Crippen LogP contribution in [0.3, 0.4) is 0 Å². The first-order valence-corrected chi connectivity index (χ1v) is 7.31. The molecule has 0 saturated carbocycles. The molecule has 0 aromatic heterocycles. The van der Waals surface area contributed by atoms with E-state index in [1.54, 1.807) is 0 Å². The molecule has 1 fully saturated rings. The fourth-order valence-electron chi connectivity index (χ4n) is 1.92. The number of nitrogens with zero attached hydrogens (tertiary/aromatic N) is 1. The highest BCUT2D eigenvalue weighted by atomic mass is 32.2. The molecule has 1 heterocycles. The summed E-state index contributed by atoms with van der Waals surface area (Å²) in [6.07, 6.45) is 1.43. The van der Waals surface area contributed by atoms with Crippen molar-refractivity contribution in [3.63, 3.8) is 0 Å². The Labute approximate surface area is 99.2 Å². The van der Waals surface area contributed by atoms with Gasteiger partial charge in [0.25, 0.3) is 0 Å². The van der Waals surface area contributed by atoms with E-state index >= 15 is 0 Å². The summed E-state index contributed by atoms with van der Waals surface area (Å²) < 4.78 is 0. The van der Waals surface area contributed by atoms with Gasteiger partial charge in [0.2, 0.25) is 0 Å². The fraction of sp³-hybridized carbons (Fsp3) is 1.00. The summed E-state index contributed by atoms with van der Waals surface area (Å²) in [5, 5.41) is 3.49. The summed E-state index contributed by atoms with van der Waals surface area (Å²) in [5.74, 6) is 4.47.